The van der Waals surface area contributed by atoms with Gasteiger partial charge in [0.2, 0.25) is 12.7 Å². The molecule has 128 valence electrons. The predicted octanol–water partition coefficient (Wildman–Crippen LogP) is 3.13. The van der Waals surface area contributed by atoms with E-state index in [0.717, 1.165) is 5.56 Å². The number of benzene rings is 2. The lowest BCUT2D eigenvalue weighted by atomic mass is 10.0. The molecule has 0 saturated carbocycles. The van der Waals surface area contributed by atoms with Gasteiger partial charge in [0.1, 0.15) is 0 Å². The number of nitrogens with zero attached hydrogens (tertiary/aromatic N) is 1. The van der Waals surface area contributed by atoms with Crippen molar-refractivity contribution in [2.45, 2.75) is 12.1 Å². The number of hydrogen-bond acceptors (Lipinski definition) is 6. The van der Waals surface area contributed by atoms with Crippen molar-refractivity contribution in [2.75, 3.05) is 13.9 Å². The van der Waals surface area contributed by atoms with Crippen LogP contribution in [0.4, 0.5) is 0 Å². The molecule has 4 rings (SSSR count). The van der Waals surface area contributed by atoms with Crippen LogP contribution in [0.2, 0.25) is 5.02 Å². The summed E-state index contributed by atoms with van der Waals surface area (Å²) in [5.74, 6) is 0.991. The van der Waals surface area contributed by atoms with Crippen LogP contribution in [0, 0.1) is 0 Å². The molecule has 25 heavy (non-hydrogen) atoms. The van der Waals surface area contributed by atoms with Gasteiger partial charge in [-0.2, -0.15) is 0 Å². The Bertz CT molecular complexity index is 852. The summed E-state index contributed by atoms with van der Waals surface area (Å²) in [6.07, 6.45) is -0.704. The average Bonchev–Trinajstić information content (AvgIpc) is 3.27. The SMILES string of the molecule is COC(=O)[C@H]1N=C(c2ccccc2)O[C@@H]1c1cc2c(cc1Cl)OCO2. The van der Waals surface area contributed by atoms with Gasteiger partial charge in [-0.25, -0.2) is 9.79 Å². The van der Waals surface area contributed by atoms with E-state index in [2.05, 4.69) is 4.99 Å². The number of esters is 1. The van der Waals surface area contributed by atoms with Gasteiger partial charge in [0.05, 0.1) is 12.1 Å². The van der Waals surface area contributed by atoms with Crippen LogP contribution in [-0.4, -0.2) is 31.8 Å². The van der Waals surface area contributed by atoms with Crippen LogP contribution < -0.4 is 9.47 Å². The Kier molecular flexibility index (Phi) is 3.97. The van der Waals surface area contributed by atoms with Crippen molar-refractivity contribution in [2.24, 2.45) is 4.99 Å². The van der Waals surface area contributed by atoms with Gasteiger partial charge in [-0.1, -0.05) is 29.8 Å². The van der Waals surface area contributed by atoms with Crippen LogP contribution in [0.15, 0.2) is 47.5 Å². The molecule has 2 aromatic carbocycles. The fourth-order valence-electron chi connectivity index (χ4n) is 2.81. The average molecular weight is 360 g/mol. The Labute approximate surface area is 148 Å². The zero-order valence-corrected chi connectivity index (χ0v) is 14.0. The molecule has 0 bridgehead atoms. The number of ether oxygens (including phenoxy) is 4. The van der Waals surface area contributed by atoms with Gasteiger partial charge < -0.3 is 18.9 Å². The quantitative estimate of drug-likeness (QED) is 0.788. The first-order valence-corrected chi connectivity index (χ1v) is 8.02. The standard InChI is InChI=1S/C18H14ClNO5/c1-22-18(21)15-16(25-17(20-15)10-5-3-2-4-6-10)11-7-13-14(8-12(11)19)24-9-23-13/h2-8,15-16H,9H2,1H3/t15-,16+/m0/s1. The molecule has 2 atom stereocenters. The maximum absolute atomic E-state index is 12.2. The summed E-state index contributed by atoms with van der Waals surface area (Å²) in [5, 5.41) is 0.410. The Balaban J connectivity index is 1.73. The van der Waals surface area contributed by atoms with Gasteiger partial charge >= 0.3 is 5.97 Å². The van der Waals surface area contributed by atoms with Gasteiger partial charge in [0, 0.05) is 17.2 Å². The molecule has 2 aliphatic heterocycles. The highest BCUT2D eigenvalue weighted by molar-refractivity contribution is 6.31. The number of fused-ring (bicyclic) bond motifs is 1. The first-order chi connectivity index (χ1) is 12.2. The van der Waals surface area contributed by atoms with Crippen LogP contribution >= 0.6 is 11.6 Å². The predicted molar refractivity (Wildman–Crippen MR) is 90.2 cm³/mol. The number of hydrogen-bond donors (Lipinski definition) is 0. The van der Waals surface area contributed by atoms with Crippen molar-refractivity contribution in [1.29, 1.82) is 0 Å². The number of methoxy groups -OCH3 is 1. The second kappa shape index (κ2) is 6.29. The van der Waals surface area contributed by atoms with E-state index in [-0.39, 0.29) is 6.79 Å². The summed E-state index contributed by atoms with van der Waals surface area (Å²) in [7, 11) is 1.32. The van der Waals surface area contributed by atoms with Crippen molar-refractivity contribution in [3.05, 3.63) is 58.6 Å². The molecule has 2 heterocycles. The van der Waals surface area contributed by atoms with E-state index in [1.165, 1.54) is 7.11 Å². The van der Waals surface area contributed by atoms with E-state index in [1.54, 1.807) is 12.1 Å². The lowest BCUT2D eigenvalue weighted by Crippen LogP contribution is -2.25. The Hall–Kier alpha value is -2.73. The van der Waals surface area contributed by atoms with Gasteiger partial charge in [0.15, 0.2) is 23.6 Å². The Morgan fingerprint density at radius 1 is 1.20 bits per heavy atom. The topological polar surface area (TPSA) is 66.4 Å². The molecule has 2 aliphatic rings. The number of carbonyl (C=O) groups excluding carboxylic acids is 1. The van der Waals surface area contributed by atoms with Crippen molar-refractivity contribution < 1.29 is 23.7 Å². The Morgan fingerprint density at radius 3 is 2.64 bits per heavy atom. The highest BCUT2D eigenvalue weighted by Gasteiger charge is 2.40. The lowest BCUT2D eigenvalue weighted by molar-refractivity contribution is -0.143. The van der Waals surface area contributed by atoms with E-state index in [0.29, 0.717) is 28.0 Å². The maximum Gasteiger partial charge on any atom is 0.335 e. The molecule has 7 heteroatoms. The highest BCUT2D eigenvalue weighted by atomic mass is 35.5. The minimum absolute atomic E-state index is 0.132. The Morgan fingerprint density at radius 2 is 1.92 bits per heavy atom. The molecule has 0 saturated heterocycles. The largest absolute Gasteiger partial charge is 0.467 e. The van der Waals surface area contributed by atoms with Crippen molar-refractivity contribution in [1.82, 2.24) is 0 Å². The molecule has 0 aliphatic carbocycles. The molecule has 2 aromatic rings. The molecule has 6 nitrogen and oxygen atoms in total. The molecular formula is C18H14ClNO5. The van der Waals surface area contributed by atoms with Gasteiger partial charge in [-0.3, -0.25) is 0 Å². The molecule has 0 amide bonds. The maximum atomic E-state index is 12.2. The smallest absolute Gasteiger partial charge is 0.335 e. The first-order valence-electron chi connectivity index (χ1n) is 7.64. The van der Waals surface area contributed by atoms with E-state index >= 15 is 0 Å². The zero-order valence-electron chi connectivity index (χ0n) is 13.3. The molecular weight excluding hydrogens is 346 g/mol. The summed E-state index contributed by atoms with van der Waals surface area (Å²) in [4.78, 5) is 16.6. The second-order valence-electron chi connectivity index (χ2n) is 5.53. The summed E-state index contributed by atoms with van der Waals surface area (Å²) >= 11 is 6.38. The number of carbonyl (C=O) groups is 1. The normalized spacial score (nSPS) is 20.8. The minimum Gasteiger partial charge on any atom is -0.467 e. The van der Waals surface area contributed by atoms with E-state index < -0.39 is 18.1 Å². The van der Waals surface area contributed by atoms with Gasteiger partial charge in [-0.15, -0.1) is 0 Å². The third-order valence-corrected chi connectivity index (χ3v) is 4.37. The zero-order chi connectivity index (χ0) is 17.4. The minimum atomic E-state index is -0.849. The number of rotatable bonds is 3. The molecule has 0 fully saturated rings. The van der Waals surface area contributed by atoms with Crippen LogP contribution in [0.1, 0.15) is 17.2 Å². The van der Waals surface area contributed by atoms with Crippen LogP contribution in [0.3, 0.4) is 0 Å². The summed E-state index contributed by atoms with van der Waals surface area (Å²) in [6.45, 7) is 0.132. The number of aliphatic imine (C=N–C) groups is 1. The molecule has 0 radical (unpaired) electrons. The van der Waals surface area contributed by atoms with Crippen LogP contribution in [-0.2, 0) is 14.3 Å². The summed E-state index contributed by atoms with van der Waals surface area (Å²) < 4.78 is 21.6. The van der Waals surface area contributed by atoms with E-state index in [4.69, 9.17) is 30.5 Å². The van der Waals surface area contributed by atoms with Crippen LogP contribution in [0.25, 0.3) is 0 Å². The lowest BCUT2D eigenvalue weighted by Gasteiger charge is -2.18. The fraction of sp³-hybridized carbons (Fsp3) is 0.222. The first kappa shape index (κ1) is 15.8. The summed E-state index contributed by atoms with van der Waals surface area (Å²) in [6, 6.07) is 11.9. The van der Waals surface area contributed by atoms with Crippen molar-refractivity contribution >= 4 is 23.5 Å². The third kappa shape index (κ3) is 2.78. The number of halogens is 1. The summed E-state index contributed by atoms with van der Waals surface area (Å²) in [5.41, 5.74) is 1.37. The molecule has 0 unspecified atom stereocenters. The monoisotopic (exact) mass is 359 g/mol. The second-order valence-corrected chi connectivity index (χ2v) is 5.94. The van der Waals surface area contributed by atoms with Crippen LogP contribution in [0.5, 0.6) is 11.5 Å². The molecule has 0 N–H and O–H groups in total. The highest BCUT2D eigenvalue weighted by Crippen LogP contribution is 2.42. The fourth-order valence-corrected chi connectivity index (χ4v) is 3.08. The van der Waals surface area contributed by atoms with Gasteiger partial charge in [-0.05, 0) is 18.2 Å². The van der Waals surface area contributed by atoms with E-state index in [9.17, 15) is 4.79 Å². The third-order valence-electron chi connectivity index (χ3n) is 4.04. The molecule has 0 aromatic heterocycles. The van der Waals surface area contributed by atoms with Gasteiger partial charge in [0.25, 0.3) is 0 Å². The van der Waals surface area contributed by atoms with E-state index in [1.807, 2.05) is 30.3 Å². The molecule has 0 spiro atoms. The van der Waals surface area contributed by atoms with Crippen molar-refractivity contribution in [3.63, 3.8) is 0 Å². The van der Waals surface area contributed by atoms with Crippen molar-refractivity contribution in [3.8, 4) is 11.5 Å².